The molecule has 0 radical (unpaired) electrons. The van der Waals surface area contributed by atoms with E-state index in [0.717, 1.165) is 21.3 Å². The number of carbonyl (C=O) groups excluding carboxylic acids is 1. The van der Waals surface area contributed by atoms with E-state index in [1.165, 1.54) is 18.4 Å². The monoisotopic (exact) mass is 422 g/mol. The van der Waals surface area contributed by atoms with E-state index < -0.39 is 0 Å². The van der Waals surface area contributed by atoms with Crippen LogP contribution in [0.2, 0.25) is 0 Å². The number of benzene rings is 2. The minimum Gasteiger partial charge on any atom is -0.493 e. The number of nitrogens with zero attached hydrogens (tertiary/aromatic N) is 2. The van der Waals surface area contributed by atoms with Gasteiger partial charge in [0.1, 0.15) is 5.76 Å². The third-order valence-electron chi connectivity index (χ3n) is 5.08. The Hall–Kier alpha value is -3.32. The van der Waals surface area contributed by atoms with Crippen LogP contribution in [0, 0.1) is 13.8 Å². The van der Waals surface area contributed by atoms with Gasteiger partial charge in [0.15, 0.2) is 16.6 Å². The molecule has 2 heterocycles. The van der Waals surface area contributed by atoms with Gasteiger partial charge in [0.05, 0.1) is 42.8 Å². The minimum absolute atomic E-state index is 0.240. The summed E-state index contributed by atoms with van der Waals surface area (Å²) in [7, 11) is 3.07. The van der Waals surface area contributed by atoms with Crippen LogP contribution < -0.4 is 14.4 Å². The Bertz CT molecular complexity index is 1200. The van der Waals surface area contributed by atoms with Gasteiger partial charge in [-0.05, 0) is 55.3 Å². The van der Waals surface area contributed by atoms with Gasteiger partial charge < -0.3 is 13.9 Å². The van der Waals surface area contributed by atoms with Crippen molar-refractivity contribution < 1.29 is 18.7 Å². The van der Waals surface area contributed by atoms with Crippen LogP contribution in [0.1, 0.15) is 27.2 Å². The first-order chi connectivity index (χ1) is 14.5. The van der Waals surface area contributed by atoms with Crippen LogP contribution in [0.25, 0.3) is 10.2 Å². The Kier molecular flexibility index (Phi) is 5.46. The number of thiazole rings is 1. The molecule has 4 aromatic rings. The average molecular weight is 423 g/mol. The summed E-state index contributed by atoms with van der Waals surface area (Å²) in [6.45, 7) is 4.36. The number of amides is 1. The highest BCUT2D eigenvalue weighted by Crippen LogP contribution is 2.36. The molecule has 1 amide bonds. The summed E-state index contributed by atoms with van der Waals surface area (Å²) < 4.78 is 17.4. The Morgan fingerprint density at radius 3 is 2.63 bits per heavy atom. The van der Waals surface area contributed by atoms with Gasteiger partial charge in [-0.2, -0.15) is 0 Å². The average Bonchev–Trinajstić information content (AvgIpc) is 3.43. The number of rotatable bonds is 6. The van der Waals surface area contributed by atoms with Gasteiger partial charge in [-0.1, -0.05) is 23.5 Å². The van der Waals surface area contributed by atoms with E-state index in [2.05, 4.69) is 13.0 Å². The van der Waals surface area contributed by atoms with Crippen LogP contribution in [-0.4, -0.2) is 25.1 Å². The molecule has 154 valence electrons. The molecule has 30 heavy (non-hydrogen) atoms. The number of furan rings is 1. The summed E-state index contributed by atoms with van der Waals surface area (Å²) in [5.74, 6) is 1.31. The quantitative estimate of drug-likeness (QED) is 0.418. The van der Waals surface area contributed by atoms with E-state index in [4.69, 9.17) is 18.9 Å². The summed E-state index contributed by atoms with van der Waals surface area (Å²) in [6, 6.07) is 13.0. The third-order valence-corrected chi connectivity index (χ3v) is 6.12. The summed E-state index contributed by atoms with van der Waals surface area (Å²) in [6.07, 6.45) is 1.59. The van der Waals surface area contributed by atoms with Crippen LogP contribution in [-0.2, 0) is 6.54 Å². The maximum atomic E-state index is 13.7. The number of fused-ring (bicyclic) bond motifs is 1. The predicted octanol–water partition coefficient (Wildman–Crippen LogP) is 5.37. The topological polar surface area (TPSA) is 64.8 Å². The van der Waals surface area contributed by atoms with Crippen molar-refractivity contribution in [1.29, 1.82) is 0 Å². The van der Waals surface area contributed by atoms with Crippen LogP contribution >= 0.6 is 11.3 Å². The fraction of sp³-hybridized carbons (Fsp3) is 0.217. The van der Waals surface area contributed by atoms with Gasteiger partial charge in [0.2, 0.25) is 0 Å². The highest BCUT2D eigenvalue weighted by Gasteiger charge is 2.27. The van der Waals surface area contributed by atoms with Gasteiger partial charge >= 0.3 is 0 Å². The van der Waals surface area contributed by atoms with Crippen LogP contribution in [0.4, 0.5) is 5.13 Å². The summed E-state index contributed by atoms with van der Waals surface area (Å²) in [5, 5.41) is 0.602. The van der Waals surface area contributed by atoms with Crippen molar-refractivity contribution >= 4 is 32.6 Å². The molecule has 0 atom stereocenters. The lowest BCUT2D eigenvalue weighted by Crippen LogP contribution is -2.30. The zero-order valence-electron chi connectivity index (χ0n) is 17.3. The molecule has 0 fully saturated rings. The van der Waals surface area contributed by atoms with Crippen molar-refractivity contribution in [2.75, 3.05) is 19.1 Å². The molecule has 0 spiro atoms. The van der Waals surface area contributed by atoms with Crippen molar-refractivity contribution in [1.82, 2.24) is 4.98 Å². The Morgan fingerprint density at radius 2 is 1.93 bits per heavy atom. The molecule has 0 aliphatic rings. The molecule has 7 heteroatoms. The largest absolute Gasteiger partial charge is 0.493 e. The number of anilines is 1. The maximum absolute atomic E-state index is 13.7. The third kappa shape index (κ3) is 3.52. The lowest BCUT2D eigenvalue weighted by molar-refractivity contribution is 0.0979. The van der Waals surface area contributed by atoms with E-state index in [1.807, 2.05) is 19.1 Å². The molecular formula is C23H22N2O4S. The first-order valence-electron chi connectivity index (χ1n) is 9.45. The lowest BCUT2D eigenvalue weighted by atomic mass is 10.1. The van der Waals surface area contributed by atoms with Gasteiger partial charge in [-0.15, -0.1) is 0 Å². The standard InChI is InChI=1S/C23H22N2O4S/c1-14-10-11-19-20(15(14)2)24-23(30-19)25(13-16-7-6-12-29-16)22(26)17-8-5-9-18(27-3)21(17)28-4/h5-12H,13H2,1-4H3. The summed E-state index contributed by atoms with van der Waals surface area (Å²) in [5.41, 5.74) is 3.58. The molecule has 0 unspecified atom stereocenters. The first kappa shape index (κ1) is 20.0. The van der Waals surface area contributed by atoms with Crippen LogP contribution in [0.5, 0.6) is 11.5 Å². The van der Waals surface area contributed by atoms with Crippen molar-refractivity contribution in [3.8, 4) is 11.5 Å². The van der Waals surface area contributed by atoms with Crippen molar-refractivity contribution in [3.05, 3.63) is 71.2 Å². The molecular weight excluding hydrogens is 400 g/mol. The fourth-order valence-electron chi connectivity index (χ4n) is 3.32. The molecule has 0 N–H and O–H groups in total. The minimum atomic E-state index is -0.240. The number of aryl methyl sites for hydroxylation is 2. The fourth-order valence-corrected chi connectivity index (χ4v) is 4.34. The molecule has 0 aliphatic heterocycles. The van der Waals surface area contributed by atoms with E-state index in [1.54, 1.807) is 42.5 Å². The molecule has 0 aliphatic carbocycles. The van der Waals surface area contributed by atoms with E-state index in [-0.39, 0.29) is 12.5 Å². The highest BCUT2D eigenvalue weighted by atomic mass is 32.1. The second-order valence-corrected chi connectivity index (χ2v) is 7.87. The molecule has 0 saturated heterocycles. The Morgan fingerprint density at radius 1 is 1.10 bits per heavy atom. The molecule has 2 aromatic heterocycles. The second-order valence-electron chi connectivity index (χ2n) is 6.86. The lowest BCUT2D eigenvalue weighted by Gasteiger charge is -2.20. The zero-order valence-corrected chi connectivity index (χ0v) is 18.1. The van der Waals surface area contributed by atoms with Gasteiger partial charge in [0, 0.05) is 0 Å². The molecule has 0 saturated carbocycles. The van der Waals surface area contributed by atoms with Gasteiger partial charge in [-0.3, -0.25) is 9.69 Å². The predicted molar refractivity (Wildman–Crippen MR) is 118 cm³/mol. The Labute approximate surface area is 178 Å². The van der Waals surface area contributed by atoms with E-state index >= 15 is 0 Å². The zero-order chi connectivity index (χ0) is 21.3. The number of para-hydroxylation sites is 1. The number of ether oxygens (including phenoxy) is 2. The van der Waals surface area contributed by atoms with Crippen molar-refractivity contribution in [2.45, 2.75) is 20.4 Å². The number of hydrogen-bond donors (Lipinski definition) is 0. The summed E-state index contributed by atoms with van der Waals surface area (Å²) >= 11 is 1.48. The maximum Gasteiger partial charge on any atom is 0.264 e. The number of carbonyl (C=O) groups is 1. The molecule has 6 nitrogen and oxygen atoms in total. The summed E-state index contributed by atoms with van der Waals surface area (Å²) in [4.78, 5) is 20.1. The molecule has 2 aromatic carbocycles. The van der Waals surface area contributed by atoms with Crippen molar-refractivity contribution in [2.24, 2.45) is 0 Å². The normalized spacial score (nSPS) is 10.9. The van der Waals surface area contributed by atoms with Gasteiger partial charge in [0.25, 0.3) is 5.91 Å². The SMILES string of the molecule is COc1cccc(C(=O)N(Cc2ccco2)c2nc3c(C)c(C)ccc3s2)c1OC. The first-order valence-corrected chi connectivity index (χ1v) is 10.3. The number of aromatic nitrogens is 1. The molecule has 0 bridgehead atoms. The van der Waals surface area contributed by atoms with Crippen molar-refractivity contribution in [3.63, 3.8) is 0 Å². The highest BCUT2D eigenvalue weighted by molar-refractivity contribution is 7.22. The number of hydrogen-bond acceptors (Lipinski definition) is 6. The number of methoxy groups -OCH3 is 2. The van der Waals surface area contributed by atoms with Crippen LogP contribution in [0.3, 0.4) is 0 Å². The van der Waals surface area contributed by atoms with Crippen LogP contribution in [0.15, 0.2) is 53.1 Å². The Balaban J connectivity index is 1.83. The van der Waals surface area contributed by atoms with Gasteiger partial charge in [-0.25, -0.2) is 4.98 Å². The molecule has 4 rings (SSSR count). The van der Waals surface area contributed by atoms with E-state index in [0.29, 0.717) is 28.0 Å². The van der Waals surface area contributed by atoms with E-state index in [9.17, 15) is 4.79 Å². The second kappa shape index (κ2) is 8.20. The smallest absolute Gasteiger partial charge is 0.264 e.